The summed E-state index contributed by atoms with van der Waals surface area (Å²) in [5.74, 6) is 0.447. The number of carbonyl (C=O) groups excluding carboxylic acids is 2. The number of carbonyl (C=O) groups is 2. The van der Waals surface area contributed by atoms with Crippen LogP contribution in [0.15, 0.2) is 42.5 Å². The number of amides is 2. The maximum Gasteiger partial charge on any atom is 0.337 e. The molecule has 31 heavy (non-hydrogen) atoms. The second-order valence-corrected chi connectivity index (χ2v) is 9.28. The number of benzene rings is 2. The van der Waals surface area contributed by atoms with E-state index in [0.29, 0.717) is 17.3 Å². The number of anilines is 2. The molecule has 0 bridgehead atoms. The third-order valence-electron chi connectivity index (χ3n) is 6.39. The molecule has 3 N–H and O–H groups in total. The van der Waals surface area contributed by atoms with Gasteiger partial charge < -0.3 is 20.7 Å². The van der Waals surface area contributed by atoms with Crippen molar-refractivity contribution in [3.63, 3.8) is 0 Å². The molecule has 2 aromatic carbocycles. The lowest BCUT2D eigenvalue weighted by atomic mass is 9.71. The fourth-order valence-corrected chi connectivity index (χ4v) is 4.26. The standard InChI is InChI=1S/C25H31N3O3/c1-25(2)13-12-22(26-15-16-4-5-16)20-11-10-19(14-21(20)25)28-24(30)27-18-8-6-17(7-9-18)23(29)31-3/h6-11,14,16,22,26H,4-5,12-13,15H2,1-3H3,(H2,27,28,30). The van der Waals surface area contributed by atoms with Crippen LogP contribution in [-0.4, -0.2) is 25.7 Å². The Morgan fingerprint density at radius 1 is 1.00 bits per heavy atom. The van der Waals surface area contributed by atoms with Crippen LogP contribution in [0.1, 0.15) is 67.1 Å². The molecule has 0 aliphatic heterocycles. The molecule has 6 heteroatoms. The fourth-order valence-electron chi connectivity index (χ4n) is 4.26. The lowest BCUT2D eigenvalue weighted by molar-refractivity contribution is 0.0600. The summed E-state index contributed by atoms with van der Waals surface area (Å²) < 4.78 is 4.69. The number of nitrogens with one attached hydrogen (secondary N) is 3. The Kier molecular flexibility index (Phi) is 6.01. The average Bonchev–Trinajstić information content (AvgIpc) is 3.58. The van der Waals surface area contributed by atoms with Crippen molar-refractivity contribution in [2.45, 2.75) is 51.0 Å². The van der Waals surface area contributed by atoms with Crippen molar-refractivity contribution in [1.29, 1.82) is 0 Å². The van der Waals surface area contributed by atoms with Crippen LogP contribution in [0.4, 0.5) is 16.2 Å². The van der Waals surface area contributed by atoms with E-state index in [0.717, 1.165) is 31.0 Å². The SMILES string of the molecule is COC(=O)c1ccc(NC(=O)Nc2ccc3c(c2)C(C)(C)CCC3NCC2CC2)cc1. The molecule has 0 radical (unpaired) electrons. The van der Waals surface area contributed by atoms with Gasteiger partial charge in [-0.1, -0.05) is 19.9 Å². The van der Waals surface area contributed by atoms with Gasteiger partial charge in [-0.2, -0.15) is 0 Å². The van der Waals surface area contributed by atoms with Gasteiger partial charge in [0.15, 0.2) is 0 Å². The quantitative estimate of drug-likeness (QED) is 0.558. The zero-order valence-electron chi connectivity index (χ0n) is 18.5. The second kappa shape index (κ2) is 8.71. The fraction of sp³-hybridized carbons (Fsp3) is 0.440. The number of methoxy groups -OCH3 is 1. The molecule has 0 heterocycles. The predicted octanol–water partition coefficient (Wildman–Crippen LogP) is 5.23. The molecule has 164 valence electrons. The highest BCUT2D eigenvalue weighted by Crippen LogP contribution is 2.43. The van der Waals surface area contributed by atoms with Crippen LogP contribution in [0.2, 0.25) is 0 Å². The van der Waals surface area contributed by atoms with E-state index in [1.54, 1.807) is 24.3 Å². The van der Waals surface area contributed by atoms with Crippen molar-refractivity contribution in [3.8, 4) is 0 Å². The highest BCUT2D eigenvalue weighted by atomic mass is 16.5. The largest absolute Gasteiger partial charge is 0.465 e. The van der Waals surface area contributed by atoms with Crippen LogP contribution in [0.25, 0.3) is 0 Å². The van der Waals surface area contributed by atoms with Gasteiger partial charge in [-0.15, -0.1) is 0 Å². The van der Waals surface area contributed by atoms with Gasteiger partial charge in [0.2, 0.25) is 0 Å². The lowest BCUT2D eigenvalue weighted by Gasteiger charge is -2.38. The zero-order valence-corrected chi connectivity index (χ0v) is 18.5. The minimum absolute atomic E-state index is 0.0744. The van der Waals surface area contributed by atoms with Crippen molar-refractivity contribution < 1.29 is 14.3 Å². The van der Waals surface area contributed by atoms with Gasteiger partial charge in [0.1, 0.15) is 0 Å². The van der Waals surface area contributed by atoms with E-state index in [2.05, 4.69) is 41.9 Å². The number of rotatable bonds is 6. The first kappa shape index (κ1) is 21.4. The summed E-state index contributed by atoms with van der Waals surface area (Å²) in [6, 6.07) is 12.9. The van der Waals surface area contributed by atoms with E-state index in [-0.39, 0.29) is 11.4 Å². The van der Waals surface area contributed by atoms with Gasteiger partial charge in [-0.25, -0.2) is 9.59 Å². The summed E-state index contributed by atoms with van der Waals surface area (Å²) in [5.41, 5.74) is 4.54. The van der Waals surface area contributed by atoms with Gasteiger partial charge in [-0.3, -0.25) is 0 Å². The van der Waals surface area contributed by atoms with Crippen LogP contribution in [0.5, 0.6) is 0 Å². The molecule has 2 aliphatic carbocycles. The molecule has 0 aromatic heterocycles. The number of hydrogen-bond donors (Lipinski definition) is 3. The number of urea groups is 1. The number of ether oxygens (including phenoxy) is 1. The monoisotopic (exact) mass is 421 g/mol. The van der Waals surface area contributed by atoms with Crippen LogP contribution in [0, 0.1) is 5.92 Å². The van der Waals surface area contributed by atoms with Gasteiger partial charge >= 0.3 is 12.0 Å². The first-order chi connectivity index (χ1) is 14.9. The van der Waals surface area contributed by atoms with E-state index in [9.17, 15) is 9.59 Å². The van der Waals surface area contributed by atoms with Crippen molar-refractivity contribution in [2.75, 3.05) is 24.3 Å². The molecule has 1 saturated carbocycles. The Morgan fingerprint density at radius 2 is 1.68 bits per heavy atom. The van der Waals surface area contributed by atoms with Gasteiger partial charge in [0, 0.05) is 17.4 Å². The smallest absolute Gasteiger partial charge is 0.337 e. The topological polar surface area (TPSA) is 79.5 Å². The molecule has 2 amide bonds. The predicted molar refractivity (Wildman–Crippen MR) is 123 cm³/mol. The third-order valence-corrected chi connectivity index (χ3v) is 6.39. The highest BCUT2D eigenvalue weighted by Gasteiger charge is 2.33. The van der Waals surface area contributed by atoms with Crippen molar-refractivity contribution in [3.05, 3.63) is 59.2 Å². The molecule has 2 aliphatic rings. The van der Waals surface area contributed by atoms with E-state index in [1.807, 2.05) is 6.07 Å². The van der Waals surface area contributed by atoms with Gasteiger partial charge in [0.25, 0.3) is 0 Å². The van der Waals surface area contributed by atoms with Crippen LogP contribution in [-0.2, 0) is 10.2 Å². The van der Waals surface area contributed by atoms with Crippen LogP contribution < -0.4 is 16.0 Å². The molecule has 2 aromatic rings. The minimum atomic E-state index is -0.405. The summed E-state index contributed by atoms with van der Waals surface area (Å²) in [6.07, 6.45) is 4.95. The van der Waals surface area contributed by atoms with E-state index in [4.69, 9.17) is 4.74 Å². The van der Waals surface area contributed by atoms with Crippen molar-refractivity contribution >= 4 is 23.4 Å². The van der Waals surface area contributed by atoms with Crippen molar-refractivity contribution in [1.82, 2.24) is 5.32 Å². The second-order valence-electron chi connectivity index (χ2n) is 9.28. The van der Waals surface area contributed by atoms with E-state index < -0.39 is 5.97 Å². The number of esters is 1. The Bertz CT molecular complexity index is 964. The molecule has 1 fully saturated rings. The summed E-state index contributed by atoms with van der Waals surface area (Å²) in [5, 5.41) is 9.50. The highest BCUT2D eigenvalue weighted by molar-refractivity contribution is 6.00. The van der Waals surface area contributed by atoms with Crippen LogP contribution in [0.3, 0.4) is 0 Å². The Labute approximate surface area is 183 Å². The zero-order chi connectivity index (χ0) is 22.0. The molecule has 0 saturated heterocycles. The first-order valence-corrected chi connectivity index (χ1v) is 11.0. The summed E-state index contributed by atoms with van der Waals surface area (Å²) in [7, 11) is 1.34. The Hall–Kier alpha value is -2.86. The van der Waals surface area contributed by atoms with Gasteiger partial charge in [0.05, 0.1) is 12.7 Å². The summed E-state index contributed by atoms with van der Waals surface area (Å²) in [4.78, 5) is 24.0. The molecular weight excluding hydrogens is 390 g/mol. The molecule has 4 rings (SSSR count). The normalized spacial score (nSPS) is 19.3. The molecule has 1 unspecified atom stereocenters. The lowest BCUT2D eigenvalue weighted by Crippen LogP contribution is -2.33. The summed E-state index contributed by atoms with van der Waals surface area (Å²) >= 11 is 0. The van der Waals surface area contributed by atoms with E-state index in [1.165, 1.54) is 31.1 Å². The summed E-state index contributed by atoms with van der Waals surface area (Å²) in [6.45, 7) is 5.65. The Morgan fingerprint density at radius 3 is 2.35 bits per heavy atom. The molecular formula is C25H31N3O3. The van der Waals surface area contributed by atoms with Crippen LogP contribution >= 0.6 is 0 Å². The minimum Gasteiger partial charge on any atom is -0.465 e. The Balaban J connectivity index is 1.43. The number of fused-ring (bicyclic) bond motifs is 1. The molecule has 6 nitrogen and oxygen atoms in total. The first-order valence-electron chi connectivity index (χ1n) is 11.0. The molecule has 0 spiro atoms. The third kappa shape index (κ3) is 5.07. The van der Waals surface area contributed by atoms with Gasteiger partial charge in [-0.05, 0) is 91.1 Å². The average molecular weight is 422 g/mol. The molecule has 1 atom stereocenters. The van der Waals surface area contributed by atoms with E-state index >= 15 is 0 Å². The maximum absolute atomic E-state index is 12.5. The number of hydrogen-bond acceptors (Lipinski definition) is 4. The van der Waals surface area contributed by atoms with Crippen molar-refractivity contribution in [2.24, 2.45) is 5.92 Å². The maximum atomic E-state index is 12.5.